The van der Waals surface area contributed by atoms with Crippen LogP contribution in [0.1, 0.15) is 24.2 Å². The Hall–Kier alpha value is -2.84. The fourth-order valence-electron chi connectivity index (χ4n) is 2.84. The number of carbonyl (C=O) groups excluding carboxylic acids is 2. The number of hydrogen-bond acceptors (Lipinski definition) is 6. The number of halogens is 1. The van der Waals surface area contributed by atoms with Crippen LogP contribution in [-0.4, -0.2) is 31.7 Å². The molecule has 8 heteroatoms. The maximum absolute atomic E-state index is 12.8. The molecular weight excluding hydrogens is 482 g/mol. The van der Waals surface area contributed by atoms with Gasteiger partial charge in [0, 0.05) is 21.5 Å². The zero-order valence-corrected chi connectivity index (χ0v) is 19.7. The summed E-state index contributed by atoms with van der Waals surface area (Å²) in [5.74, 6) is 0.275. The maximum Gasteiger partial charge on any atom is 0.341 e. The summed E-state index contributed by atoms with van der Waals surface area (Å²) in [6.07, 6.45) is -0.791. The molecule has 1 N–H and O–H groups in total. The Balaban J connectivity index is 1.83. The normalized spacial score (nSPS) is 11.5. The van der Waals surface area contributed by atoms with Gasteiger partial charge in [-0.1, -0.05) is 34.1 Å². The molecule has 1 atom stereocenters. The van der Waals surface area contributed by atoms with Crippen molar-refractivity contribution in [2.24, 2.45) is 0 Å². The number of benzene rings is 2. The Morgan fingerprint density at radius 2 is 1.84 bits per heavy atom. The highest BCUT2D eigenvalue weighted by Crippen LogP contribution is 2.37. The third-order valence-electron chi connectivity index (χ3n) is 4.39. The Morgan fingerprint density at radius 3 is 2.52 bits per heavy atom. The van der Waals surface area contributed by atoms with Gasteiger partial charge in [0.15, 0.2) is 6.10 Å². The van der Waals surface area contributed by atoms with Gasteiger partial charge in [-0.25, -0.2) is 4.79 Å². The number of rotatable bonds is 8. The molecule has 6 nitrogen and oxygen atoms in total. The van der Waals surface area contributed by atoms with Crippen LogP contribution in [0.3, 0.4) is 0 Å². The largest absolute Gasteiger partial charge is 0.497 e. The van der Waals surface area contributed by atoms with Gasteiger partial charge in [-0.2, -0.15) is 0 Å². The number of nitrogens with one attached hydrogen (secondary N) is 1. The van der Waals surface area contributed by atoms with E-state index in [1.165, 1.54) is 11.3 Å². The second-order valence-corrected chi connectivity index (χ2v) is 8.30. The minimum Gasteiger partial charge on any atom is -0.497 e. The standard InChI is InChI=1S/C23H22BrNO5S/c1-4-29-23(27)20-19(15-8-10-16(24)11-9-15)13-31-22(20)25-21(26)14(2)30-18-7-5-6-17(12-18)28-3/h5-14H,4H2,1-3H3,(H,25,26). The molecule has 0 saturated heterocycles. The molecule has 0 aliphatic carbocycles. The summed E-state index contributed by atoms with van der Waals surface area (Å²) in [6.45, 7) is 3.62. The molecule has 0 fully saturated rings. The first kappa shape index (κ1) is 22.8. The number of carbonyl (C=O) groups is 2. The van der Waals surface area contributed by atoms with E-state index in [4.69, 9.17) is 14.2 Å². The van der Waals surface area contributed by atoms with Gasteiger partial charge < -0.3 is 19.5 Å². The van der Waals surface area contributed by atoms with E-state index in [0.29, 0.717) is 27.6 Å². The zero-order valence-electron chi connectivity index (χ0n) is 17.3. The van der Waals surface area contributed by atoms with E-state index in [9.17, 15) is 9.59 Å². The molecule has 1 aromatic heterocycles. The quantitative estimate of drug-likeness (QED) is 0.395. The number of thiophene rings is 1. The van der Waals surface area contributed by atoms with Crippen molar-refractivity contribution in [2.45, 2.75) is 20.0 Å². The Kier molecular flexibility index (Phi) is 7.70. The van der Waals surface area contributed by atoms with Gasteiger partial charge >= 0.3 is 5.97 Å². The van der Waals surface area contributed by atoms with Crippen molar-refractivity contribution in [3.63, 3.8) is 0 Å². The SMILES string of the molecule is CCOC(=O)c1c(-c2ccc(Br)cc2)csc1NC(=O)C(C)Oc1cccc(OC)c1. The van der Waals surface area contributed by atoms with E-state index in [1.54, 1.807) is 45.2 Å². The molecule has 0 saturated carbocycles. The molecule has 162 valence electrons. The molecule has 0 spiro atoms. The van der Waals surface area contributed by atoms with Crippen LogP contribution in [0.15, 0.2) is 58.4 Å². The lowest BCUT2D eigenvalue weighted by molar-refractivity contribution is -0.122. The van der Waals surface area contributed by atoms with Crippen LogP contribution in [0.2, 0.25) is 0 Å². The molecule has 1 heterocycles. The predicted molar refractivity (Wildman–Crippen MR) is 125 cm³/mol. The molecular formula is C23H22BrNO5S. The smallest absolute Gasteiger partial charge is 0.341 e. The minimum absolute atomic E-state index is 0.233. The second kappa shape index (κ2) is 10.5. The van der Waals surface area contributed by atoms with Crippen molar-refractivity contribution >= 4 is 44.1 Å². The lowest BCUT2D eigenvalue weighted by Crippen LogP contribution is -2.30. The van der Waals surface area contributed by atoms with E-state index < -0.39 is 12.1 Å². The van der Waals surface area contributed by atoms with E-state index in [2.05, 4.69) is 21.2 Å². The van der Waals surface area contributed by atoms with Crippen molar-refractivity contribution in [2.75, 3.05) is 19.0 Å². The third kappa shape index (κ3) is 5.65. The Morgan fingerprint density at radius 1 is 1.13 bits per heavy atom. The van der Waals surface area contributed by atoms with Gasteiger partial charge in [-0.05, 0) is 43.7 Å². The van der Waals surface area contributed by atoms with Crippen molar-refractivity contribution in [3.8, 4) is 22.6 Å². The molecule has 2 aromatic carbocycles. The van der Waals surface area contributed by atoms with Gasteiger partial charge in [0.25, 0.3) is 5.91 Å². The van der Waals surface area contributed by atoms with Crippen molar-refractivity contribution in [3.05, 3.63) is 63.9 Å². The van der Waals surface area contributed by atoms with Crippen LogP contribution in [0, 0.1) is 0 Å². The zero-order chi connectivity index (χ0) is 22.4. The first-order valence-corrected chi connectivity index (χ1v) is 11.3. The van der Waals surface area contributed by atoms with Crippen molar-refractivity contribution in [1.29, 1.82) is 0 Å². The molecule has 0 aliphatic rings. The van der Waals surface area contributed by atoms with E-state index in [-0.39, 0.29) is 12.5 Å². The first-order valence-electron chi connectivity index (χ1n) is 9.59. The molecule has 31 heavy (non-hydrogen) atoms. The maximum atomic E-state index is 12.8. The van der Waals surface area contributed by atoms with Crippen LogP contribution in [-0.2, 0) is 9.53 Å². The molecule has 1 unspecified atom stereocenters. The fraction of sp³-hybridized carbons (Fsp3) is 0.217. The van der Waals surface area contributed by atoms with E-state index in [0.717, 1.165) is 10.0 Å². The summed E-state index contributed by atoms with van der Waals surface area (Å²) in [7, 11) is 1.56. The average Bonchev–Trinajstić information content (AvgIpc) is 3.18. The number of methoxy groups -OCH3 is 1. The highest BCUT2D eigenvalue weighted by atomic mass is 79.9. The number of hydrogen-bond donors (Lipinski definition) is 1. The van der Waals surface area contributed by atoms with Gasteiger partial charge in [-0.3, -0.25) is 4.79 Å². The van der Waals surface area contributed by atoms with Gasteiger partial charge in [-0.15, -0.1) is 11.3 Å². The van der Waals surface area contributed by atoms with Crippen LogP contribution in [0.25, 0.3) is 11.1 Å². The van der Waals surface area contributed by atoms with Crippen LogP contribution in [0.4, 0.5) is 5.00 Å². The molecule has 3 rings (SSSR count). The van der Waals surface area contributed by atoms with Crippen LogP contribution >= 0.6 is 27.3 Å². The van der Waals surface area contributed by atoms with Crippen molar-refractivity contribution in [1.82, 2.24) is 0 Å². The third-order valence-corrected chi connectivity index (χ3v) is 5.81. The van der Waals surface area contributed by atoms with Crippen LogP contribution in [0.5, 0.6) is 11.5 Å². The summed E-state index contributed by atoms with van der Waals surface area (Å²) < 4.78 is 17.1. The highest BCUT2D eigenvalue weighted by molar-refractivity contribution is 9.10. The average molecular weight is 504 g/mol. The van der Waals surface area contributed by atoms with E-state index >= 15 is 0 Å². The van der Waals surface area contributed by atoms with Crippen molar-refractivity contribution < 1.29 is 23.8 Å². The Labute approximate surface area is 193 Å². The number of amides is 1. The molecule has 0 radical (unpaired) electrons. The highest BCUT2D eigenvalue weighted by Gasteiger charge is 2.25. The van der Waals surface area contributed by atoms with Gasteiger partial charge in [0.05, 0.1) is 13.7 Å². The summed E-state index contributed by atoms with van der Waals surface area (Å²) >= 11 is 4.68. The van der Waals surface area contributed by atoms with Gasteiger partial charge in [0.2, 0.25) is 0 Å². The monoisotopic (exact) mass is 503 g/mol. The lowest BCUT2D eigenvalue weighted by Gasteiger charge is -2.15. The Bertz CT molecular complexity index is 1060. The summed E-state index contributed by atoms with van der Waals surface area (Å²) in [4.78, 5) is 25.5. The predicted octanol–water partition coefficient (Wildman–Crippen LogP) is 5.77. The van der Waals surface area contributed by atoms with Crippen LogP contribution < -0.4 is 14.8 Å². The molecule has 1 amide bonds. The summed E-state index contributed by atoms with van der Waals surface area (Å²) in [6, 6.07) is 14.6. The van der Waals surface area contributed by atoms with E-state index in [1.807, 2.05) is 29.6 Å². The first-order chi connectivity index (χ1) is 14.9. The molecule has 3 aromatic rings. The molecule has 0 bridgehead atoms. The number of ether oxygens (including phenoxy) is 3. The fourth-order valence-corrected chi connectivity index (χ4v) is 4.07. The van der Waals surface area contributed by atoms with Gasteiger partial charge in [0.1, 0.15) is 22.1 Å². The molecule has 0 aliphatic heterocycles. The number of anilines is 1. The topological polar surface area (TPSA) is 73.9 Å². The second-order valence-electron chi connectivity index (χ2n) is 6.51. The minimum atomic E-state index is -0.791. The lowest BCUT2D eigenvalue weighted by atomic mass is 10.0. The summed E-state index contributed by atoms with van der Waals surface area (Å²) in [5.41, 5.74) is 1.88. The summed E-state index contributed by atoms with van der Waals surface area (Å²) in [5, 5.41) is 5.06. The number of esters is 1.